The van der Waals surface area contributed by atoms with Gasteiger partial charge in [0, 0.05) is 30.3 Å². The van der Waals surface area contributed by atoms with E-state index in [-0.39, 0.29) is 17.9 Å². The van der Waals surface area contributed by atoms with E-state index in [4.69, 9.17) is 9.47 Å². The van der Waals surface area contributed by atoms with Crippen molar-refractivity contribution >= 4 is 17.5 Å². The third-order valence-corrected chi connectivity index (χ3v) is 6.16. The molecule has 0 radical (unpaired) electrons. The van der Waals surface area contributed by atoms with Gasteiger partial charge in [-0.1, -0.05) is 18.2 Å². The van der Waals surface area contributed by atoms with Crippen molar-refractivity contribution in [2.75, 3.05) is 18.5 Å². The maximum absolute atomic E-state index is 13.2. The zero-order chi connectivity index (χ0) is 22.6. The number of ether oxygens (including phenoxy) is 2. The Kier molecular flexibility index (Phi) is 5.98. The number of carbonyl (C=O) groups excluding carboxylic acids is 2. The molecule has 0 spiro atoms. The predicted molar refractivity (Wildman–Crippen MR) is 126 cm³/mol. The topological polar surface area (TPSA) is 67.9 Å². The first-order valence-electron chi connectivity index (χ1n) is 11.4. The van der Waals surface area contributed by atoms with Gasteiger partial charge >= 0.3 is 0 Å². The number of piperidine rings is 1. The van der Waals surface area contributed by atoms with Gasteiger partial charge < -0.3 is 19.7 Å². The number of nitrogens with zero attached hydrogens (tertiary/aromatic N) is 1. The molecule has 168 valence electrons. The maximum atomic E-state index is 13.2. The van der Waals surface area contributed by atoms with E-state index in [2.05, 4.69) is 5.32 Å². The van der Waals surface area contributed by atoms with E-state index in [1.54, 1.807) is 42.5 Å². The summed E-state index contributed by atoms with van der Waals surface area (Å²) in [6.45, 7) is 1.36. The van der Waals surface area contributed by atoms with E-state index in [9.17, 15) is 9.59 Å². The minimum Gasteiger partial charge on any atom is -0.493 e. The number of amides is 2. The zero-order valence-electron chi connectivity index (χ0n) is 18.3. The SMILES string of the molecule is O=C(Nc1ccc2c(c1)C(=O)N1CCCCC1CCO2)c1ccc(Oc2ccccc2)cc1. The molecule has 1 unspecified atom stereocenters. The Balaban J connectivity index is 1.30. The van der Waals surface area contributed by atoms with Gasteiger partial charge in [-0.2, -0.15) is 0 Å². The molecule has 2 aliphatic rings. The number of hydrogen-bond acceptors (Lipinski definition) is 4. The number of benzene rings is 3. The van der Waals surface area contributed by atoms with E-state index < -0.39 is 0 Å². The second-order valence-corrected chi connectivity index (χ2v) is 8.39. The highest BCUT2D eigenvalue weighted by molar-refractivity contribution is 6.05. The monoisotopic (exact) mass is 442 g/mol. The highest BCUT2D eigenvalue weighted by Crippen LogP contribution is 2.31. The van der Waals surface area contributed by atoms with Crippen LogP contribution in [0.4, 0.5) is 5.69 Å². The van der Waals surface area contributed by atoms with Crippen LogP contribution in [0.15, 0.2) is 72.8 Å². The first-order chi connectivity index (χ1) is 16.2. The molecule has 0 aliphatic carbocycles. The molecule has 2 heterocycles. The molecule has 3 aromatic carbocycles. The van der Waals surface area contributed by atoms with E-state index in [0.717, 1.165) is 38.0 Å². The van der Waals surface area contributed by atoms with E-state index in [1.165, 1.54) is 0 Å². The van der Waals surface area contributed by atoms with Crippen LogP contribution in [0.25, 0.3) is 0 Å². The fourth-order valence-corrected chi connectivity index (χ4v) is 4.43. The lowest BCUT2D eigenvalue weighted by Crippen LogP contribution is -2.45. The fourth-order valence-electron chi connectivity index (χ4n) is 4.43. The van der Waals surface area contributed by atoms with Crippen LogP contribution in [-0.4, -0.2) is 35.9 Å². The van der Waals surface area contributed by atoms with Crippen LogP contribution >= 0.6 is 0 Å². The van der Waals surface area contributed by atoms with Gasteiger partial charge in [0.15, 0.2) is 0 Å². The lowest BCUT2D eigenvalue weighted by Gasteiger charge is -2.37. The maximum Gasteiger partial charge on any atom is 0.257 e. The van der Waals surface area contributed by atoms with Gasteiger partial charge in [-0.15, -0.1) is 0 Å². The van der Waals surface area contributed by atoms with Crippen LogP contribution in [0.5, 0.6) is 17.2 Å². The number of fused-ring (bicyclic) bond motifs is 2. The first-order valence-corrected chi connectivity index (χ1v) is 11.4. The normalized spacial score (nSPS) is 17.6. The van der Waals surface area contributed by atoms with Crippen molar-refractivity contribution in [3.05, 3.63) is 83.9 Å². The summed E-state index contributed by atoms with van der Waals surface area (Å²) in [7, 11) is 0. The molecule has 1 saturated heterocycles. The van der Waals surface area contributed by atoms with Gasteiger partial charge in [0.25, 0.3) is 11.8 Å². The smallest absolute Gasteiger partial charge is 0.257 e. The Morgan fingerprint density at radius 3 is 2.55 bits per heavy atom. The van der Waals surface area contributed by atoms with Crippen LogP contribution < -0.4 is 14.8 Å². The molecular formula is C27H26N2O4. The van der Waals surface area contributed by atoms with Gasteiger partial charge in [-0.3, -0.25) is 9.59 Å². The summed E-state index contributed by atoms with van der Waals surface area (Å²) in [5.74, 6) is 1.68. The Labute approximate surface area is 193 Å². The van der Waals surface area contributed by atoms with Gasteiger partial charge in [-0.05, 0) is 73.9 Å². The minimum absolute atomic E-state index is 0.0205. The summed E-state index contributed by atoms with van der Waals surface area (Å²) in [5.41, 5.74) is 1.57. The Hall–Kier alpha value is -3.80. The van der Waals surface area contributed by atoms with Crippen LogP contribution in [0.1, 0.15) is 46.4 Å². The fraction of sp³-hybridized carbons (Fsp3) is 0.259. The molecule has 0 aromatic heterocycles. The summed E-state index contributed by atoms with van der Waals surface area (Å²) < 4.78 is 11.7. The standard InChI is InChI=1S/C27H26N2O4/c30-26(19-9-12-23(13-10-19)33-22-7-2-1-3-8-22)28-20-11-14-25-24(18-20)27(31)29-16-5-4-6-21(29)15-17-32-25/h1-3,7-14,18,21H,4-6,15-17H2,(H,28,30). The van der Waals surface area contributed by atoms with Crippen LogP contribution in [0.2, 0.25) is 0 Å². The molecule has 1 atom stereocenters. The molecule has 3 aromatic rings. The highest BCUT2D eigenvalue weighted by Gasteiger charge is 2.31. The van der Waals surface area contributed by atoms with Crippen LogP contribution in [0.3, 0.4) is 0 Å². The zero-order valence-corrected chi connectivity index (χ0v) is 18.3. The molecule has 5 rings (SSSR count). The summed E-state index contributed by atoms with van der Waals surface area (Å²) >= 11 is 0. The quantitative estimate of drug-likeness (QED) is 0.579. The van der Waals surface area contributed by atoms with Crippen molar-refractivity contribution in [3.63, 3.8) is 0 Å². The summed E-state index contributed by atoms with van der Waals surface area (Å²) in [4.78, 5) is 28.0. The number of anilines is 1. The van der Waals surface area contributed by atoms with Gasteiger partial charge in [0.05, 0.1) is 12.2 Å². The molecule has 6 heteroatoms. The summed E-state index contributed by atoms with van der Waals surface area (Å²) in [5, 5.41) is 2.90. The van der Waals surface area contributed by atoms with Crippen molar-refractivity contribution < 1.29 is 19.1 Å². The van der Waals surface area contributed by atoms with E-state index in [1.807, 2.05) is 35.2 Å². The predicted octanol–water partition coefficient (Wildman–Crippen LogP) is 5.51. The third kappa shape index (κ3) is 4.70. The number of nitrogens with one attached hydrogen (secondary N) is 1. The molecule has 2 amide bonds. The molecule has 6 nitrogen and oxygen atoms in total. The van der Waals surface area contributed by atoms with Crippen molar-refractivity contribution in [2.24, 2.45) is 0 Å². The number of hydrogen-bond donors (Lipinski definition) is 1. The molecule has 0 bridgehead atoms. The first kappa shape index (κ1) is 21.1. The second kappa shape index (κ2) is 9.36. The van der Waals surface area contributed by atoms with E-state index in [0.29, 0.717) is 34.9 Å². The largest absolute Gasteiger partial charge is 0.493 e. The van der Waals surface area contributed by atoms with Gasteiger partial charge in [-0.25, -0.2) is 0 Å². The van der Waals surface area contributed by atoms with Crippen LogP contribution in [-0.2, 0) is 0 Å². The van der Waals surface area contributed by atoms with Crippen LogP contribution in [0, 0.1) is 0 Å². The van der Waals surface area contributed by atoms with Crippen molar-refractivity contribution in [2.45, 2.75) is 31.7 Å². The van der Waals surface area contributed by atoms with Crippen molar-refractivity contribution in [1.82, 2.24) is 4.90 Å². The van der Waals surface area contributed by atoms with Gasteiger partial charge in [0.2, 0.25) is 0 Å². The minimum atomic E-state index is -0.253. The second-order valence-electron chi connectivity index (χ2n) is 8.39. The lowest BCUT2D eigenvalue weighted by atomic mass is 9.97. The van der Waals surface area contributed by atoms with Crippen molar-refractivity contribution in [1.29, 1.82) is 0 Å². The third-order valence-electron chi connectivity index (χ3n) is 6.16. The lowest BCUT2D eigenvalue weighted by molar-refractivity contribution is 0.0548. The molecule has 1 fully saturated rings. The molecular weight excluding hydrogens is 416 g/mol. The summed E-state index contributed by atoms with van der Waals surface area (Å²) in [6.07, 6.45) is 4.05. The number of para-hydroxylation sites is 1. The molecule has 33 heavy (non-hydrogen) atoms. The molecule has 2 aliphatic heterocycles. The van der Waals surface area contributed by atoms with E-state index >= 15 is 0 Å². The highest BCUT2D eigenvalue weighted by atomic mass is 16.5. The van der Waals surface area contributed by atoms with Crippen molar-refractivity contribution in [3.8, 4) is 17.2 Å². The Morgan fingerprint density at radius 2 is 1.73 bits per heavy atom. The van der Waals surface area contributed by atoms with Gasteiger partial charge in [0.1, 0.15) is 17.2 Å². The Bertz CT molecular complexity index is 1140. The average molecular weight is 443 g/mol. The number of rotatable bonds is 4. The number of carbonyl (C=O) groups is 2. The molecule has 1 N–H and O–H groups in total. The summed E-state index contributed by atoms with van der Waals surface area (Å²) in [6, 6.07) is 21.9. The molecule has 0 saturated carbocycles. The Morgan fingerprint density at radius 1 is 0.939 bits per heavy atom. The average Bonchev–Trinajstić information content (AvgIpc) is 2.85.